The van der Waals surface area contributed by atoms with E-state index in [1.165, 1.54) is 12.1 Å². The summed E-state index contributed by atoms with van der Waals surface area (Å²) >= 11 is 0. The second kappa shape index (κ2) is 6.24. The van der Waals surface area contributed by atoms with Crippen molar-refractivity contribution in [1.82, 2.24) is 4.90 Å². The van der Waals surface area contributed by atoms with Crippen molar-refractivity contribution in [2.24, 2.45) is 5.92 Å². The Bertz CT molecular complexity index is 358. The van der Waals surface area contributed by atoms with Crippen LogP contribution in [0.2, 0.25) is 0 Å². The Labute approximate surface area is 111 Å². The second-order valence-electron chi connectivity index (χ2n) is 5.66. The van der Waals surface area contributed by atoms with Crippen LogP contribution in [0, 0.1) is 5.92 Å². The van der Waals surface area contributed by atoms with Crippen LogP contribution in [0.3, 0.4) is 0 Å². The third kappa shape index (κ3) is 3.74. The van der Waals surface area contributed by atoms with Gasteiger partial charge in [-0.15, -0.1) is 0 Å². The lowest BCUT2D eigenvalue weighted by molar-refractivity contribution is 0.202. The van der Waals surface area contributed by atoms with Crippen molar-refractivity contribution in [3.05, 3.63) is 29.8 Å². The zero-order chi connectivity index (χ0) is 13.0. The molecule has 2 heteroatoms. The Morgan fingerprint density at radius 3 is 2.56 bits per heavy atom. The zero-order valence-electron chi connectivity index (χ0n) is 11.9. The molecular formula is C16H25NO. The molecule has 0 spiro atoms. The fourth-order valence-electron chi connectivity index (χ4n) is 2.55. The molecule has 1 aromatic carbocycles. The van der Waals surface area contributed by atoms with Crippen LogP contribution < -0.4 is 4.74 Å². The van der Waals surface area contributed by atoms with E-state index in [4.69, 9.17) is 4.74 Å². The molecule has 18 heavy (non-hydrogen) atoms. The van der Waals surface area contributed by atoms with Crippen LogP contribution >= 0.6 is 0 Å². The standard InChI is InChI=1S/C16H25NO/c1-4-17-10-9-16(12-17)18-15-7-5-14(6-8-15)11-13(2)3/h5-8,13,16H,4,9-12H2,1-3H3. The summed E-state index contributed by atoms with van der Waals surface area (Å²) in [6, 6.07) is 8.63. The van der Waals surface area contributed by atoms with Gasteiger partial charge >= 0.3 is 0 Å². The highest BCUT2D eigenvalue weighted by molar-refractivity contribution is 5.27. The number of benzene rings is 1. The van der Waals surface area contributed by atoms with Crippen molar-refractivity contribution < 1.29 is 4.74 Å². The van der Waals surface area contributed by atoms with Gasteiger partial charge in [0.25, 0.3) is 0 Å². The van der Waals surface area contributed by atoms with Crippen LogP contribution in [-0.4, -0.2) is 30.6 Å². The quantitative estimate of drug-likeness (QED) is 0.791. The van der Waals surface area contributed by atoms with Crippen molar-refractivity contribution in [1.29, 1.82) is 0 Å². The summed E-state index contributed by atoms with van der Waals surface area (Å²) in [5.41, 5.74) is 1.40. The summed E-state index contributed by atoms with van der Waals surface area (Å²) in [5.74, 6) is 1.73. The third-order valence-electron chi connectivity index (χ3n) is 3.55. The van der Waals surface area contributed by atoms with Crippen molar-refractivity contribution in [2.45, 2.75) is 39.7 Å². The van der Waals surface area contributed by atoms with Gasteiger partial charge in [-0.1, -0.05) is 32.9 Å². The number of ether oxygens (including phenoxy) is 1. The largest absolute Gasteiger partial charge is 0.489 e. The highest BCUT2D eigenvalue weighted by Crippen LogP contribution is 2.19. The molecule has 0 aromatic heterocycles. The Morgan fingerprint density at radius 2 is 2.00 bits per heavy atom. The molecule has 1 aliphatic heterocycles. The van der Waals surface area contributed by atoms with Gasteiger partial charge in [0, 0.05) is 13.1 Å². The summed E-state index contributed by atoms with van der Waals surface area (Å²) in [6.07, 6.45) is 2.68. The van der Waals surface area contributed by atoms with E-state index >= 15 is 0 Å². The highest BCUT2D eigenvalue weighted by Gasteiger charge is 2.22. The maximum absolute atomic E-state index is 6.03. The molecule has 1 fully saturated rings. The Balaban J connectivity index is 1.87. The highest BCUT2D eigenvalue weighted by atomic mass is 16.5. The van der Waals surface area contributed by atoms with Crippen LogP contribution in [0.15, 0.2) is 24.3 Å². The first-order chi connectivity index (χ1) is 8.67. The topological polar surface area (TPSA) is 12.5 Å². The summed E-state index contributed by atoms with van der Waals surface area (Å²) in [6.45, 7) is 10.1. The molecule has 1 atom stereocenters. The molecule has 0 bridgehead atoms. The molecule has 100 valence electrons. The molecule has 2 nitrogen and oxygen atoms in total. The Kier molecular flexibility index (Phi) is 4.65. The number of likely N-dealkylation sites (N-methyl/N-ethyl adjacent to an activating group) is 1. The summed E-state index contributed by atoms with van der Waals surface area (Å²) < 4.78 is 6.03. The molecule has 2 rings (SSSR count). The van der Waals surface area contributed by atoms with Crippen molar-refractivity contribution in [3.8, 4) is 5.75 Å². The van der Waals surface area contributed by atoms with Gasteiger partial charge in [-0.05, 0) is 43.0 Å². The van der Waals surface area contributed by atoms with E-state index in [1.807, 2.05) is 0 Å². The van der Waals surface area contributed by atoms with E-state index in [0.717, 1.165) is 31.7 Å². The minimum absolute atomic E-state index is 0.376. The predicted molar refractivity (Wildman–Crippen MR) is 76.1 cm³/mol. The number of rotatable bonds is 5. The lowest BCUT2D eigenvalue weighted by atomic mass is 10.0. The monoisotopic (exact) mass is 247 g/mol. The maximum Gasteiger partial charge on any atom is 0.119 e. The summed E-state index contributed by atoms with van der Waals surface area (Å²) in [4.78, 5) is 2.44. The first kappa shape index (κ1) is 13.4. The van der Waals surface area contributed by atoms with E-state index < -0.39 is 0 Å². The van der Waals surface area contributed by atoms with Gasteiger partial charge in [0.2, 0.25) is 0 Å². The van der Waals surface area contributed by atoms with E-state index in [1.54, 1.807) is 0 Å². The van der Waals surface area contributed by atoms with Gasteiger partial charge in [0.1, 0.15) is 11.9 Å². The fraction of sp³-hybridized carbons (Fsp3) is 0.625. The number of hydrogen-bond donors (Lipinski definition) is 0. The number of likely N-dealkylation sites (tertiary alicyclic amines) is 1. The Morgan fingerprint density at radius 1 is 1.28 bits per heavy atom. The number of hydrogen-bond acceptors (Lipinski definition) is 2. The van der Waals surface area contributed by atoms with Crippen LogP contribution in [0.5, 0.6) is 5.75 Å². The van der Waals surface area contributed by atoms with Gasteiger partial charge in [0.15, 0.2) is 0 Å². The predicted octanol–water partition coefficient (Wildman–Crippen LogP) is 3.36. The molecule has 0 aliphatic carbocycles. The first-order valence-corrected chi connectivity index (χ1v) is 7.15. The Hall–Kier alpha value is -1.02. The molecule has 0 radical (unpaired) electrons. The second-order valence-corrected chi connectivity index (χ2v) is 5.66. The minimum atomic E-state index is 0.376. The van der Waals surface area contributed by atoms with Crippen LogP contribution in [0.1, 0.15) is 32.8 Å². The SMILES string of the molecule is CCN1CCC(Oc2ccc(CC(C)C)cc2)C1. The average molecular weight is 247 g/mol. The van der Waals surface area contributed by atoms with E-state index in [9.17, 15) is 0 Å². The fourth-order valence-corrected chi connectivity index (χ4v) is 2.55. The lowest BCUT2D eigenvalue weighted by Gasteiger charge is -2.15. The van der Waals surface area contributed by atoms with Gasteiger partial charge in [-0.2, -0.15) is 0 Å². The summed E-state index contributed by atoms with van der Waals surface area (Å²) in [5, 5.41) is 0. The van der Waals surface area contributed by atoms with Gasteiger partial charge < -0.3 is 4.74 Å². The molecule has 0 amide bonds. The van der Waals surface area contributed by atoms with Gasteiger partial charge in [-0.3, -0.25) is 4.90 Å². The van der Waals surface area contributed by atoms with Crippen molar-refractivity contribution in [3.63, 3.8) is 0 Å². The lowest BCUT2D eigenvalue weighted by Crippen LogP contribution is -2.24. The van der Waals surface area contributed by atoms with E-state index in [-0.39, 0.29) is 0 Å². The molecule has 1 heterocycles. The van der Waals surface area contributed by atoms with Crippen LogP contribution in [0.25, 0.3) is 0 Å². The average Bonchev–Trinajstić information content (AvgIpc) is 2.79. The van der Waals surface area contributed by atoms with E-state index in [0.29, 0.717) is 12.0 Å². The molecule has 0 saturated carbocycles. The molecular weight excluding hydrogens is 222 g/mol. The normalized spacial score (nSPS) is 20.6. The first-order valence-electron chi connectivity index (χ1n) is 7.15. The van der Waals surface area contributed by atoms with Crippen molar-refractivity contribution in [2.75, 3.05) is 19.6 Å². The van der Waals surface area contributed by atoms with Gasteiger partial charge in [-0.25, -0.2) is 0 Å². The molecule has 1 aliphatic rings. The molecule has 1 aromatic rings. The minimum Gasteiger partial charge on any atom is -0.489 e. The third-order valence-corrected chi connectivity index (χ3v) is 3.55. The van der Waals surface area contributed by atoms with Crippen molar-refractivity contribution >= 4 is 0 Å². The molecule has 1 unspecified atom stereocenters. The molecule has 0 N–H and O–H groups in total. The van der Waals surface area contributed by atoms with Crippen LogP contribution in [-0.2, 0) is 6.42 Å². The van der Waals surface area contributed by atoms with Gasteiger partial charge in [0.05, 0.1) is 0 Å². The zero-order valence-corrected chi connectivity index (χ0v) is 11.9. The van der Waals surface area contributed by atoms with Crippen LogP contribution in [0.4, 0.5) is 0 Å². The van der Waals surface area contributed by atoms with E-state index in [2.05, 4.69) is 49.9 Å². The smallest absolute Gasteiger partial charge is 0.119 e. The molecule has 1 saturated heterocycles. The number of nitrogens with zero attached hydrogens (tertiary/aromatic N) is 1. The maximum atomic E-state index is 6.03. The summed E-state index contributed by atoms with van der Waals surface area (Å²) in [7, 11) is 0.